The fourth-order valence-corrected chi connectivity index (χ4v) is 3.90. The predicted molar refractivity (Wildman–Crippen MR) is 110 cm³/mol. The fraction of sp³-hybridized carbons (Fsp3) is 0.273. The summed E-state index contributed by atoms with van der Waals surface area (Å²) in [6.45, 7) is 1.90. The van der Waals surface area contributed by atoms with Gasteiger partial charge in [0.25, 0.3) is 0 Å². The number of alkyl halides is 1. The van der Waals surface area contributed by atoms with Gasteiger partial charge in [-0.2, -0.15) is 0 Å². The van der Waals surface area contributed by atoms with Crippen LogP contribution in [0.5, 0.6) is 0 Å². The number of ether oxygens (including phenoxy) is 1. The first-order valence-corrected chi connectivity index (χ1v) is 10.3. The van der Waals surface area contributed by atoms with Crippen molar-refractivity contribution >= 4 is 27.8 Å². The molecule has 2 aromatic rings. The Bertz CT molecular complexity index is 867. The molecule has 0 aromatic heterocycles. The molecule has 5 nitrogen and oxygen atoms in total. The summed E-state index contributed by atoms with van der Waals surface area (Å²) in [6.07, 6.45) is 0.153. The highest BCUT2D eigenvalue weighted by Crippen LogP contribution is 2.44. The molecule has 0 aliphatic carbocycles. The summed E-state index contributed by atoms with van der Waals surface area (Å²) in [4.78, 5) is 27.4. The van der Waals surface area contributed by atoms with E-state index in [2.05, 4.69) is 15.9 Å². The van der Waals surface area contributed by atoms with Gasteiger partial charge in [-0.1, -0.05) is 76.6 Å². The van der Waals surface area contributed by atoms with Crippen LogP contribution < -0.4 is 0 Å². The Balaban J connectivity index is 2.20. The molecule has 3 rings (SSSR count). The molecular formula is C22H22BrNO4. The second-order valence-electron chi connectivity index (χ2n) is 6.46. The van der Waals surface area contributed by atoms with Crippen LogP contribution in [0.3, 0.4) is 0 Å². The molecule has 0 spiro atoms. The van der Waals surface area contributed by atoms with Gasteiger partial charge in [-0.25, -0.2) is 4.79 Å². The van der Waals surface area contributed by atoms with Gasteiger partial charge in [0.2, 0.25) is 5.91 Å². The lowest BCUT2D eigenvalue weighted by molar-refractivity contribution is -0.142. The first kappa shape index (κ1) is 20.1. The average molecular weight is 444 g/mol. The van der Waals surface area contributed by atoms with E-state index >= 15 is 0 Å². The maximum atomic E-state index is 13.0. The Kier molecular flexibility index (Phi) is 6.52. The first-order chi connectivity index (χ1) is 13.6. The van der Waals surface area contributed by atoms with Gasteiger partial charge in [0, 0.05) is 6.42 Å². The number of amides is 1. The molecule has 1 heterocycles. The monoisotopic (exact) mass is 443 g/mol. The summed E-state index contributed by atoms with van der Waals surface area (Å²) in [5.41, 5.74) is 1.76. The molecule has 0 fully saturated rings. The van der Waals surface area contributed by atoms with Gasteiger partial charge in [-0.3, -0.25) is 4.79 Å². The number of rotatable bonds is 5. The minimum absolute atomic E-state index is 0.0419. The van der Waals surface area contributed by atoms with E-state index in [1.54, 1.807) is 11.8 Å². The van der Waals surface area contributed by atoms with Crippen molar-refractivity contribution in [1.82, 2.24) is 4.90 Å². The highest BCUT2D eigenvalue weighted by atomic mass is 79.9. The summed E-state index contributed by atoms with van der Waals surface area (Å²) in [6, 6.07) is 17.7. The van der Waals surface area contributed by atoms with E-state index in [-0.39, 0.29) is 35.6 Å². The third kappa shape index (κ3) is 3.97. The van der Waals surface area contributed by atoms with E-state index in [1.165, 1.54) is 0 Å². The van der Waals surface area contributed by atoms with Crippen LogP contribution in [0.25, 0.3) is 0 Å². The maximum absolute atomic E-state index is 13.0. The highest BCUT2D eigenvalue weighted by molar-refractivity contribution is 9.09. The van der Waals surface area contributed by atoms with Crippen molar-refractivity contribution in [3.8, 4) is 0 Å². The Morgan fingerprint density at radius 2 is 1.64 bits per heavy atom. The molecule has 28 heavy (non-hydrogen) atoms. The predicted octanol–water partition coefficient (Wildman–Crippen LogP) is 4.47. The van der Waals surface area contributed by atoms with Crippen LogP contribution in [-0.4, -0.2) is 33.8 Å². The molecule has 146 valence electrons. The minimum atomic E-state index is -0.732. The highest BCUT2D eigenvalue weighted by Gasteiger charge is 2.43. The number of hydrogen-bond acceptors (Lipinski definition) is 4. The second kappa shape index (κ2) is 9.06. The van der Waals surface area contributed by atoms with Crippen LogP contribution >= 0.6 is 15.9 Å². The Labute approximate surface area is 172 Å². The fourth-order valence-electron chi connectivity index (χ4n) is 3.61. The SMILES string of the molecule is CCOC(=O)C1=C(O)CC(c2ccccc2)N(C(=O)CBr)C1c1ccccc1. The molecule has 1 aliphatic rings. The van der Waals surface area contributed by atoms with E-state index in [1.807, 2.05) is 60.7 Å². The lowest BCUT2D eigenvalue weighted by Crippen LogP contribution is -2.44. The van der Waals surface area contributed by atoms with Crippen molar-refractivity contribution in [2.45, 2.75) is 25.4 Å². The molecule has 1 N–H and O–H groups in total. The number of aliphatic hydroxyl groups excluding tert-OH is 1. The van der Waals surface area contributed by atoms with E-state index in [9.17, 15) is 14.7 Å². The van der Waals surface area contributed by atoms with Gasteiger partial charge in [0.1, 0.15) is 11.3 Å². The smallest absolute Gasteiger partial charge is 0.339 e. The molecule has 1 amide bonds. The second-order valence-corrected chi connectivity index (χ2v) is 7.02. The molecule has 1 aliphatic heterocycles. The van der Waals surface area contributed by atoms with E-state index in [0.29, 0.717) is 0 Å². The summed E-state index contributed by atoms with van der Waals surface area (Å²) < 4.78 is 5.20. The number of halogens is 1. The van der Waals surface area contributed by atoms with Gasteiger partial charge >= 0.3 is 5.97 Å². The van der Waals surface area contributed by atoms with Crippen LogP contribution in [0.1, 0.15) is 36.6 Å². The van der Waals surface area contributed by atoms with Crippen molar-refractivity contribution in [2.24, 2.45) is 0 Å². The zero-order valence-electron chi connectivity index (χ0n) is 15.5. The maximum Gasteiger partial charge on any atom is 0.339 e. The number of esters is 1. The third-order valence-corrected chi connectivity index (χ3v) is 5.26. The summed E-state index contributed by atoms with van der Waals surface area (Å²) in [7, 11) is 0. The van der Waals surface area contributed by atoms with Gasteiger partial charge in [0.15, 0.2) is 0 Å². The van der Waals surface area contributed by atoms with E-state index in [0.717, 1.165) is 11.1 Å². The molecule has 0 saturated heterocycles. The number of carbonyl (C=O) groups is 2. The van der Waals surface area contributed by atoms with Crippen molar-refractivity contribution in [3.63, 3.8) is 0 Å². The van der Waals surface area contributed by atoms with E-state index in [4.69, 9.17) is 4.74 Å². The minimum Gasteiger partial charge on any atom is -0.512 e. The summed E-state index contributed by atoms with van der Waals surface area (Å²) >= 11 is 3.27. The number of benzene rings is 2. The Morgan fingerprint density at radius 1 is 1.07 bits per heavy atom. The molecule has 0 bridgehead atoms. The van der Waals surface area contributed by atoms with E-state index < -0.39 is 18.1 Å². The largest absolute Gasteiger partial charge is 0.512 e. The molecule has 2 unspecified atom stereocenters. The average Bonchev–Trinajstić information content (AvgIpc) is 2.73. The Morgan fingerprint density at radius 3 is 2.18 bits per heavy atom. The van der Waals surface area contributed by atoms with Gasteiger partial charge in [-0.05, 0) is 18.1 Å². The van der Waals surface area contributed by atoms with Crippen LogP contribution in [0.4, 0.5) is 0 Å². The lowest BCUT2D eigenvalue weighted by Gasteiger charge is -2.42. The number of hydrogen-bond donors (Lipinski definition) is 1. The zero-order valence-corrected chi connectivity index (χ0v) is 17.1. The lowest BCUT2D eigenvalue weighted by atomic mass is 9.85. The number of nitrogens with zero attached hydrogens (tertiary/aromatic N) is 1. The third-order valence-electron chi connectivity index (χ3n) is 4.78. The summed E-state index contributed by atoms with van der Waals surface area (Å²) in [5.74, 6) is -0.815. The molecular weight excluding hydrogens is 422 g/mol. The topological polar surface area (TPSA) is 66.8 Å². The summed E-state index contributed by atoms with van der Waals surface area (Å²) in [5, 5.41) is 10.9. The van der Waals surface area contributed by atoms with Crippen LogP contribution in [-0.2, 0) is 14.3 Å². The normalized spacial score (nSPS) is 19.4. The van der Waals surface area contributed by atoms with Crippen molar-refractivity contribution < 1.29 is 19.4 Å². The molecule has 2 aromatic carbocycles. The number of carbonyl (C=O) groups excluding carboxylic acids is 2. The van der Waals surface area contributed by atoms with Gasteiger partial charge in [-0.15, -0.1) is 0 Å². The molecule has 0 saturated carbocycles. The van der Waals surface area contributed by atoms with Gasteiger partial charge < -0.3 is 14.7 Å². The first-order valence-electron chi connectivity index (χ1n) is 9.14. The molecule has 2 atom stereocenters. The molecule has 6 heteroatoms. The Hall–Kier alpha value is -2.60. The van der Waals surface area contributed by atoms with Crippen LogP contribution in [0, 0.1) is 0 Å². The quantitative estimate of drug-likeness (QED) is 0.546. The zero-order chi connectivity index (χ0) is 20.1. The van der Waals surface area contributed by atoms with Crippen LogP contribution in [0.15, 0.2) is 72.0 Å². The number of aliphatic hydroxyl groups is 1. The van der Waals surface area contributed by atoms with Crippen molar-refractivity contribution in [3.05, 3.63) is 83.1 Å². The van der Waals surface area contributed by atoms with Crippen molar-refractivity contribution in [1.29, 1.82) is 0 Å². The van der Waals surface area contributed by atoms with Gasteiger partial charge in [0.05, 0.1) is 24.0 Å². The van der Waals surface area contributed by atoms with Crippen LogP contribution in [0.2, 0.25) is 0 Å². The standard InChI is InChI=1S/C22H22BrNO4/c1-2-28-22(27)20-18(25)13-17(15-9-5-3-6-10-15)24(19(26)14-23)21(20)16-11-7-4-8-12-16/h3-12,17,21,25H,2,13-14H2,1H3. The molecule has 0 radical (unpaired) electrons. The van der Waals surface area contributed by atoms with Crippen molar-refractivity contribution in [2.75, 3.05) is 11.9 Å².